The smallest absolute Gasteiger partial charge is 0.414 e. The number of benzene rings is 2. The Kier molecular flexibility index (Phi) is 4.71. The summed E-state index contributed by atoms with van der Waals surface area (Å²) < 4.78 is 10.9. The van der Waals surface area contributed by atoms with Gasteiger partial charge >= 0.3 is 6.09 Å². The third-order valence-electron chi connectivity index (χ3n) is 5.58. The van der Waals surface area contributed by atoms with Gasteiger partial charge in [0.05, 0.1) is 19.3 Å². The average Bonchev–Trinajstić information content (AvgIpc) is 3.35. The SMILES string of the molecule is O=C(NC[C@H]1CN(c2ccc3c(c2)CCCc2cnoc2-3)C(=O)O1)c1ccccc1. The summed E-state index contributed by atoms with van der Waals surface area (Å²) in [6.07, 6.45) is 3.83. The van der Waals surface area contributed by atoms with Crippen molar-refractivity contribution in [1.82, 2.24) is 10.5 Å². The molecule has 30 heavy (non-hydrogen) atoms. The maximum absolute atomic E-state index is 12.5. The molecule has 1 aliphatic heterocycles. The number of anilines is 1. The molecule has 1 atom stereocenters. The van der Waals surface area contributed by atoms with Crippen molar-refractivity contribution in [2.75, 3.05) is 18.0 Å². The highest BCUT2D eigenvalue weighted by Crippen LogP contribution is 2.35. The van der Waals surface area contributed by atoms with Gasteiger partial charge in [-0.3, -0.25) is 9.69 Å². The highest BCUT2D eigenvalue weighted by Gasteiger charge is 2.33. The zero-order valence-corrected chi connectivity index (χ0v) is 16.3. The van der Waals surface area contributed by atoms with Crippen molar-refractivity contribution in [3.05, 3.63) is 71.4 Å². The zero-order valence-electron chi connectivity index (χ0n) is 16.3. The molecule has 7 nitrogen and oxygen atoms in total. The van der Waals surface area contributed by atoms with Crippen LogP contribution in [0.25, 0.3) is 11.3 Å². The summed E-state index contributed by atoms with van der Waals surface area (Å²) >= 11 is 0. The van der Waals surface area contributed by atoms with Crippen LogP contribution >= 0.6 is 0 Å². The van der Waals surface area contributed by atoms with Crippen molar-refractivity contribution in [1.29, 1.82) is 0 Å². The number of aryl methyl sites for hydroxylation is 2. The maximum Gasteiger partial charge on any atom is 0.414 e. The number of hydrogen-bond donors (Lipinski definition) is 1. The Balaban J connectivity index is 1.28. The number of amides is 2. The molecule has 2 aliphatic rings. The number of carbonyl (C=O) groups excluding carboxylic acids is 2. The Bertz CT molecular complexity index is 1090. The van der Waals surface area contributed by atoms with Crippen molar-refractivity contribution in [3.8, 4) is 11.3 Å². The topological polar surface area (TPSA) is 84.7 Å². The Morgan fingerprint density at radius 1 is 1.13 bits per heavy atom. The monoisotopic (exact) mass is 403 g/mol. The number of carbonyl (C=O) groups is 2. The molecule has 2 aromatic carbocycles. The average molecular weight is 403 g/mol. The summed E-state index contributed by atoms with van der Waals surface area (Å²) in [6, 6.07) is 14.9. The van der Waals surface area contributed by atoms with Crippen LogP contribution in [0, 0.1) is 0 Å². The Morgan fingerprint density at radius 3 is 2.83 bits per heavy atom. The van der Waals surface area contributed by atoms with E-state index < -0.39 is 12.2 Å². The minimum Gasteiger partial charge on any atom is -0.442 e. The predicted octanol–water partition coefficient (Wildman–Crippen LogP) is 3.59. The minimum atomic E-state index is -0.400. The van der Waals surface area contributed by atoms with Crippen molar-refractivity contribution >= 4 is 17.7 Å². The van der Waals surface area contributed by atoms with Crippen LogP contribution in [0.15, 0.2) is 59.3 Å². The van der Waals surface area contributed by atoms with Crippen molar-refractivity contribution < 1.29 is 18.8 Å². The lowest BCUT2D eigenvalue weighted by atomic mass is 10.0. The molecule has 0 saturated carbocycles. The van der Waals surface area contributed by atoms with Crippen molar-refractivity contribution in [2.24, 2.45) is 0 Å². The molecule has 0 unspecified atom stereocenters. The molecule has 0 bridgehead atoms. The number of cyclic esters (lactones) is 1. The molecule has 152 valence electrons. The molecule has 1 saturated heterocycles. The maximum atomic E-state index is 12.5. The lowest BCUT2D eigenvalue weighted by Crippen LogP contribution is -2.34. The first kappa shape index (κ1) is 18.4. The first-order valence-electron chi connectivity index (χ1n) is 10.1. The van der Waals surface area contributed by atoms with Crippen LogP contribution in [0.1, 0.15) is 27.9 Å². The number of nitrogens with zero attached hydrogens (tertiary/aromatic N) is 2. The summed E-state index contributed by atoms with van der Waals surface area (Å²) in [5.41, 5.74) is 4.66. The fourth-order valence-corrected chi connectivity index (χ4v) is 4.04. The second kappa shape index (κ2) is 7.67. The number of hydrogen-bond acceptors (Lipinski definition) is 5. The molecule has 2 heterocycles. The van der Waals surface area contributed by atoms with Gasteiger partial charge in [0.25, 0.3) is 5.91 Å². The molecule has 5 rings (SSSR count). The molecular formula is C23H21N3O4. The van der Waals surface area contributed by atoms with Crippen LogP contribution in [0.5, 0.6) is 0 Å². The molecule has 1 N–H and O–H groups in total. The van der Waals surface area contributed by atoms with Crippen molar-refractivity contribution in [2.45, 2.75) is 25.4 Å². The van der Waals surface area contributed by atoms with Gasteiger partial charge in [0.1, 0.15) is 6.10 Å². The van der Waals surface area contributed by atoms with E-state index in [1.54, 1.807) is 23.2 Å². The van der Waals surface area contributed by atoms with Crippen LogP contribution in [-0.4, -0.2) is 36.4 Å². The Labute approximate surface area is 173 Å². The van der Waals surface area contributed by atoms with E-state index in [1.807, 2.05) is 36.4 Å². The highest BCUT2D eigenvalue weighted by molar-refractivity contribution is 5.94. The Morgan fingerprint density at radius 2 is 1.97 bits per heavy atom. The van der Waals surface area contributed by atoms with E-state index in [4.69, 9.17) is 9.26 Å². The van der Waals surface area contributed by atoms with Gasteiger partial charge in [-0.05, 0) is 55.2 Å². The third-order valence-corrected chi connectivity index (χ3v) is 5.58. The van der Waals surface area contributed by atoms with Crippen LogP contribution < -0.4 is 10.2 Å². The molecule has 2 amide bonds. The van der Waals surface area contributed by atoms with E-state index in [-0.39, 0.29) is 12.5 Å². The van der Waals surface area contributed by atoms with Gasteiger partial charge in [0.2, 0.25) is 0 Å². The first-order valence-corrected chi connectivity index (χ1v) is 10.1. The van der Waals surface area contributed by atoms with Crippen LogP contribution in [0.4, 0.5) is 10.5 Å². The van der Waals surface area contributed by atoms with Gasteiger partial charge in [0.15, 0.2) is 5.76 Å². The molecule has 0 radical (unpaired) electrons. The largest absolute Gasteiger partial charge is 0.442 e. The third kappa shape index (κ3) is 3.43. The van der Waals surface area contributed by atoms with E-state index in [0.717, 1.165) is 47.4 Å². The quantitative estimate of drug-likeness (QED) is 0.720. The fourth-order valence-electron chi connectivity index (χ4n) is 4.04. The molecule has 0 spiro atoms. The summed E-state index contributed by atoms with van der Waals surface area (Å²) in [6.45, 7) is 0.655. The van der Waals surface area contributed by atoms with Gasteiger partial charge in [-0.2, -0.15) is 0 Å². The minimum absolute atomic E-state index is 0.182. The summed E-state index contributed by atoms with van der Waals surface area (Å²) in [7, 11) is 0. The van der Waals surface area contributed by atoms with Crippen LogP contribution in [-0.2, 0) is 17.6 Å². The number of fused-ring (bicyclic) bond motifs is 3. The number of rotatable bonds is 4. The molecular weight excluding hydrogens is 382 g/mol. The van der Waals surface area contributed by atoms with E-state index >= 15 is 0 Å². The second-order valence-electron chi connectivity index (χ2n) is 7.57. The van der Waals surface area contributed by atoms with E-state index in [9.17, 15) is 9.59 Å². The number of ether oxygens (including phenoxy) is 1. The number of nitrogens with one attached hydrogen (secondary N) is 1. The van der Waals surface area contributed by atoms with Gasteiger partial charge < -0.3 is 14.6 Å². The first-order chi connectivity index (χ1) is 14.7. The lowest BCUT2D eigenvalue weighted by Gasteiger charge is -2.16. The fraction of sp³-hybridized carbons (Fsp3) is 0.261. The zero-order chi connectivity index (χ0) is 20.5. The summed E-state index contributed by atoms with van der Waals surface area (Å²) in [4.78, 5) is 26.3. The van der Waals surface area contributed by atoms with Gasteiger partial charge in [-0.25, -0.2) is 4.79 Å². The molecule has 7 heteroatoms. The molecule has 1 aliphatic carbocycles. The van der Waals surface area contributed by atoms with Crippen LogP contribution in [0.3, 0.4) is 0 Å². The summed E-state index contributed by atoms with van der Waals surface area (Å²) in [5.74, 6) is 0.637. The molecule has 1 aromatic heterocycles. The molecule has 3 aromatic rings. The second-order valence-corrected chi connectivity index (χ2v) is 7.57. The van der Waals surface area contributed by atoms with Crippen molar-refractivity contribution in [3.63, 3.8) is 0 Å². The van der Waals surface area contributed by atoms with Crippen LogP contribution in [0.2, 0.25) is 0 Å². The van der Waals surface area contributed by atoms with E-state index in [0.29, 0.717) is 12.1 Å². The predicted molar refractivity (Wildman–Crippen MR) is 110 cm³/mol. The molecule has 1 fully saturated rings. The lowest BCUT2D eigenvalue weighted by molar-refractivity contribution is 0.0916. The van der Waals surface area contributed by atoms with Gasteiger partial charge in [0, 0.05) is 22.4 Å². The van der Waals surface area contributed by atoms with E-state index in [1.165, 1.54) is 0 Å². The highest BCUT2D eigenvalue weighted by atomic mass is 16.6. The van der Waals surface area contributed by atoms with Gasteiger partial charge in [-0.15, -0.1) is 0 Å². The summed E-state index contributed by atoms with van der Waals surface area (Å²) in [5, 5.41) is 6.77. The van der Waals surface area contributed by atoms with E-state index in [2.05, 4.69) is 10.5 Å². The number of aromatic nitrogens is 1. The standard InChI is InChI=1S/C23H21N3O4/c27-22(15-5-2-1-3-6-15)24-13-19-14-26(23(28)29-19)18-9-10-20-16(11-18)7-4-8-17-12-25-30-21(17)20/h1-3,5-6,9-12,19H,4,7-8,13-14H2,(H,24,27)/t19-/m0/s1. The van der Waals surface area contributed by atoms with Gasteiger partial charge in [-0.1, -0.05) is 23.4 Å². The Hall–Kier alpha value is -3.61. The normalized spacial score (nSPS) is 17.7.